The van der Waals surface area contributed by atoms with Crippen molar-refractivity contribution in [2.45, 2.75) is 26.8 Å². The Morgan fingerprint density at radius 3 is 2.76 bits per heavy atom. The molecule has 0 aliphatic carbocycles. The van der Waals surface area contributed by atoms with Crippen molar-refractivity contribution in [1.82, 2.24) is 0 Å². The van der Waals surface area contributed by atoms with E-state index in [4.69, 9.17) is 10.00 Å². The molecule has 1 aromatic carbocycles. The van der Waals surface area contributed by atoms with Crippen LogP contribution in [0.4, 0.5) is 0 Å². The Kier molecular flexibility index (Phi) is 2.89. The van der Waals surface area contributed by atoms with Crippen LogP contribution >= 0.6 is 0 Å². The Morgan fingerprint density at radius 2 is 2.18 bits per heavy atom. The summed E-state index contributed by atoms with van der Waals surface area (Å²) in [5.74, 6) is 0.655. The smallest absolute Gasteiger partial charge is 0.216 e. The summed E-state index contributed by atoms with van der Waals surface area (Å²) in [6.45, 7) is 7.08. The first-order valence-corrected chi connectivity index (χ1v) is 5.72. The van der Waals surface area contributed by atoms with E-state index in [0.717, 1.165) is 5.56 Å². The first kappa shape index (κ1) is 11.7. The van der Waals surface area contributed by atoms with Gasteiger partial charge in [0.2, 0.25) is 5.90 Å². The lowest BCUT2D eigenvalue weighted by Gasteiger charge is -2.21. The summed E-state index contributed by atoms with van der Waals surface area (Å²) >= 11 is 0. The highest BCUT2D eigenvalue weighted by molar-refractivity contribution is 5.95. The fourth-order valence-electron chi connectivity index (χ4n) is 1.70. The van der Waals surface area contributed by atoms with Crippen molar-refractivity contribution in [3.8, 4) is 6.07 Å². The molecule has 17 heavy (non-hydrogen) atoms. The van der Waals surface area contributed by atoms with E-state index in [-0.39, 0.29) is 11.5 Å². The molecule has 3 nitrogen and oxygen atoms in total. The average Bonchev–Trinajstić information content (AvgIpc) is 2.78. The molecule has 3 heteroatoms. The predicted octanol–water partition coefficient (Wildman–Crippen LogP) is 2.75. The third-order valence-electron chi connectivity index (χ3n) is 2.89. The van der Waals surface area contributed by atoms with Gasteiger partial charge in [-0.25, -0.2) is 4.99 Å². The molecular formula is C14H16N2O. The van der Waals surface area contributed by atoms with Gasteiger partial charge in [0.05, 0.1) is 17.7 Å². The average molecular weight is 228 g/mol. The van der Waals surface area contributed by atoms with Gasteiger partial charge in [-0.1, -0.05) is 26.8 Å². The first-order valence-electron chi connectivity index (χ1n) is 5.72. The number of ether oxygens (including phenoxy) is 1. The van der Waals surface area contributed by atoms with Gasteiger partial charge in [0.15, 0.2) is 0 Å². The standard InChI is InChI=1S/C14H16N2O/c1-14(2,3)12-9-17-13(16-12)11-6-4-5-10(7-11)8-15/h4-7,12H,9H2,1-3H3/t12-/m1/s1. The molecule has 0 saturated heterocycles. The molecule has 0 bridgehead atoms. The molecule has 0 fully saturated rings. The molecular weight excluding hydrogens is 212 g/mol. The SMILES string of the molecule is CC(C)(C)[C@H]1COC(c2cccc(C#N)c2)=N1. The maximum absolute atomic E-state index is 8.86. The zero-order valence-corrected chi connectivity index (χ0v) is 10.4. The summed E-state index contributed by atoms with van der Waals surface area (Å²) in [7, 11) is 0. The first-order chi connectivity index (χ1) is 8.00. The van der Waals surface area contributed by atoms with Crippen LogP contribution in [-0.2, 0) is 4.74 Å². The molecule has 1 heterocycles. The van der Waals surface area contributed by atoms with Gasteiger partial charge < -0.3 is 4.74 Å². The van der Waals surface area contributed by atoms with E-state index in [9.17, 15) is 0 Å². The molecule has 2 rings (SSSR count). The summed E-state index contributed by atoms with van der Waals surface area (Å²) in [6, 6.07) is 9.67. The number of aliphatic imine (C=N–C) groups is 1. The minimum atomic E-state index is 0.106. The maximum atomic E-state index is 8.86. The van der Waals surface area contributed by atoms with E-state index in [0.29, 0.717) is 18.1 Å². The highest BCUT2D eigenvalue weighted by Crippen LogP contribution is 2.27. The third-order valence-corrected chi connectivity index (χ3v) is 2.89. The van der Waals surface area contributed by atoms with Gasteiger partial charge in [0.1, 0.15) is 6.61 Å². The number of hydrogen-bond donors (Lipinski definition) is 0. The lowest BCUT2D eigenvalue weighted by Crippen LogP contribution is -2.25. The molecule has 88 valence electrons. The van der Waals surface area contributed by atoms with Crippen molar-refractivity contribution in [2.75, 3.05) is 6.61 Å². The van der Waals surface area contributed by atoms with Gasteiger partial charge in [-0.05, 0) is 23.6 Å². The fourth-order valence-corrected chi connectivity index (χ4v) is 1.70. The van der Waals surface area contributed by atoms with Crippen molar-refractivity contribution < 1.29 is 4.74 Å². The predicted molar refractivity (Wildman–Crippen MR) is 66.9 cm³/mol. The van der Waals surface area contributed by atoms with Gasteiger partial charge in [-0.15, -0.1) is 0 Å². The Bertz CT molecular complexity index is 492. The number of nitrogens with zero attached hydrogens (tertiary/aromatic N) is 2. The lowest BCUT2D eigenvalue weighted by molar-refractivity contribution is 0.236. The monoisotopic (exact) mass is 228 g/mol. The summed E-state index contributed by atoms with van der Waals surface area (Å²) < 4.78 is 5.62. The van der Waals surface area contributed by atoms with E-state index in [1.165, 1.54) is 0 Å². The molecule has 0 spiro atoms. The van der Waals surface area contributed by atoms with Gasteiger partial charge in [0, 0.05) is 5.56 Å². The summed E-state index contributed by atoms with van der Waals surface area (Å²) in [6.07, 6.45) is 0. The molecule has 0 aromatic heterocycles. The highest BCUT2D eigenvalue weighted by Gasteiger charge is 2.30. The second kappa shape index (κ2) is 4.21. The molecule has 0 saturated carbocycles. The van der Waals surface area contributed by atoms with Crippen LogP contribution in [0.25, 0.3) is 0 Å². The summed E-state index contributed by atoms with van der Waals surface area (Å²) in [4.78, 5) is 4.59. The van der Waals surface area contributed by atoms with Crippen LogP contribution in [-0.4, -0.2) is 18.5 Å². The van der Waals surface area contributed by atoms with Crippen molar-refractivity contribution in [3.63, 3.8) is 0 Å². The van der Waals surface area contributed by atoms with E-state index in [2.05, 4.69) is 31.8 Å². The quantitative estimate of drug-likeness (QED) is 0.742. The lowest BCUT2D eigenvalue weighted by atomic mass is 9.88. The van der Waals surface area contributed by atoms with Crippen LogP contribution in [0.2, 0.25) is 0 Å². The fraction of sp³-hybridized carbons (Fsp3) is 0.429. The van der Waals surface area contributed by atoms with Crippen molar-refractivity contribution >= 4 is 5.90 Å². The molecule has 0 radical (unpaired) electrons. The number of hydrogen-bond acceptors (Lipinski definition) is 3. The Hall–Kier alpha value is -1.82. The zero-order chi connectivity index (χ0) is 12.5. The van der Waals surface area contributed by atoms with Crippen LogP contribution in [0.1, 0.15) is 31.9 Å². The molecule has 1 atom stereocenters. The maximum Gasteiger partial charge on any atom is 0.216 e. The topological polar surface area (TPSA) is 45.4 Å². The van der Waals surface area contributed by atoms with E-state index >= 15 is 0 Å². The minimum Gasteiger partial charge on any atom is -0.475 e. The third kappa shape index (κ3) is 2.47. The van der Waals surface area contributed by atoms with Gasteiger partial charge in [-0.2, -0.15) is 5.26 Å². The zero-order valence-electron chi connectivity index (χ0n) is 10.4. The summed E-state index contributed by atoms with van der Waals surface area (Å²) in [5, 5.41) is 8.86. The molecule has 0 unspecified atom stereocenters. The largest absolute Gasteiger partial charge is 0.475 e. The normalized spacial score (nSPS) is 19.4. The van der Waals surface area contributed by atoms with Crippen LogP contribution in [0.5, 0.6) is 0 Å². The summed E-state index contributed by atoms with van der Waals surface area (Å²) in [5.41, 5.74) is 1.62. The molecule has 1 aliphatic heterocycles. The Labute approximate surface area is 102 Å². The van der Waals surface area contributed by atoms with E-state index < -0.39 is 0 Å². The van der Waals surface area contributed by atoms with Gasteiger partial charge in [0.25, 0.3) is 0 Å². The minimum absolute atomic E-state index is 0.106. The van der Waals surface area contributed by atoms with E-state index in [1.807, 2.05) is 18.2 Å². The molecule has 1 aliphatic rings. The second-order valence-electron chi connectivity index (χ2n) is 5.32. The van der Waals surface area contributed by atoms with Crippen molar-refractivity contribution in [1.29, 1.82) is 5.26 Å². The number of nitriles is 1. The Morgan fingerprint density at radius 1 is 1.41 bits per heavy atom. The van der Waals surface area contributed by atoms with Crippen molar-refractivity contribution in [2.24, 2.45) is 10.4 Å². The molecule has 1 aromatic rings. The number of benzene rings is 1. The van der Waals surface area contributed by atoms with Crippen molar-refractivity contribution in [3.05, 3.63) is 35.4 Å². The van der Waals surface area contributed by atoms with Crippen LogP contribution in [0, 0.1) is 16.7 Å². The Balaban J connectivity index is 2.28. The van der Waals surface area contributed by atoms with Gasteiger partial charge in [-0.3, -0.25) is 0 Å². The van der Waals surface area contributed by atoms with Crippen LogP contribution in [0.15, 0.2) is 29.3 Å². The second-order valence-corrected chi connectivity index (χ2v) is 5.32. The van der Waals surface area contributed by atoms with E-state index in [1.54, 1.807) is 6.07 Å². The highest BCUT2D eigenvalue weighted by atomic mass is 16.5. The van der Waals surface area contributed by atoms with Crippen LogP contribution in [0.3, 0.4) is 0 Å². The van der Waals surface area contributed by atoms with Crippen LogP contribution < -0.4 is 0 Å². The van der Waals surface area contributed by atoms with Gasteiger partial charge >= 0.3 is 0 Å². The number of rotatable bonds is 1. The molecule has 0 amide bonds. The molecule has 0 N–H and O–H groups in total.